The van der Waals surface area contributed by atoms with Crippen molar-refractivity contribution >= 4 is 5.69 Å². The van der Waals surface area contributed by atoms with E-state index in [0.29, 0.717) is 17.1 Å². The van der Waals surface area contributed by atoms with Crippen molar-refractivity contribution in [2.24, 2.45) is 0 Å². The van der Waals surface area contributed by atoms with Gasteiger partial charge in [-0.15, -0.1) is 0 Å². The van der Waals surface area contributed by atoms with E-state index >= 15 is 0 Å². The molecule has 0 unspecified atom stereocenters. The number of fused-ring (bicyclic) bond motifs is 1. The molecule has 0 saturated heterocycles. The van der Waals surface area contributed by atoms with Crippen molar-refractivity contribution < 1.29 is 14.8 Å². The van der Waals surface area contributed by atoms with Crippen LogP contribution in [0.5, 0.6) is 11.5 Å². The summed E-state index contributed by atoms with van der Waals surface area (Å²) in [4.78, 5) is 10.3. The van der Waals surface area contributed by atoms with Gasteiger partial charge in [0.1, 0.15) is 11.5 Å². The molecule has 1 aliphatic carbocycles. The minimum absolute atomic E-state index is 0.0552. The Bertz CT molecular complexity index is 697. The standard InChI is InChI=1S/C16H15NO4/c18-10-13-8-14(17(19)20)5-7-16(13)21-15-6-4-11-2-1-3-12(11)9-15/h4-9,18H,1-3,10H2. The second-order valence-electron chi connectivity index (χ2n) is 5.09. The molecule has 0 spiro atoms. The Morgan fingerprint density at radius 3 is 2.71 bits per heavy atom. The molecule has 1 aliphatic rings. The fourth-order valence-corrected chi connectivity index (χ4v) is 2.64. The second-order valence-corrected chi connectivity index (χ2v) is 5.09. The zero-order chi connectivity index (χ0) is 14.8. The number of hydrogen-bond donors (Lipinski definition) is 1. The molecule has 0 amide bonds. The molecule has 0 saturated carbocycles. The number of nitrogens with zero attached hydrogens (tertiary/aromatic N) is 1. The second kappa shape index (κ2) is 5.54. The number of non-ortho nitro benzene ring substituents is 1. The van der Waals surface area contributed by atoms with Gasteiger partial charge in [0, 0.05) is 17.7 Å². The molecule has 1 N–H and O–H groups in total. The Hall–Kier alpha value is -2.40. The van der Waals surface area contributed by atoms with Crippen LogP contribution in [0.2, 0.25) is 0 Å². The molecule has 0 aromatic heterocycles. The molecule has 0 aliphatic heterocycles. The molecular weight excluding hydrogens is 270 g/mol. The largest absolute Gasteiger partial charge is 0.457 e. The van der Waals surface area contributed by atoms with Crippen molar-refractivity contribution in [1.82, 2.24) is 0 Å². The molecule has 5 nitrogen and oxygen atoms in total. The van der Waals surface area contributed by atoms with Gasteiger partial charge < -0.3 is 9.84 Å². The molecule has 108 valence electrons. The topological polar surface area (TPSA) is 72.6 Å². The molecular formula is C16H15NO4. The van der Waals surface area contributed by atoms with Crippen molar-refractivity contribution in [3.63, 3.8) is 0 Å². The third-order valence-electron chi connectivity index (χ3n) is 3.72. The van der Waals surface area contributed by atoms with Crippen LogP contribution in [-0.2, 0) is 19.4 Å². The van der Waals surface area contributed by atoms with Gasteiger partial charge in [0.2, 0.25) is 0 Å². The van der Waals surface area contributed by atoms with E-state index in [1.807, 2.05) is 12.1 Å². The lowest BCUT2D eigenvalue weighted by molar-refractivity contribution is -0.385. The van der Waals surface area contributed by atoms with Crippen molar-refractivity contribution in [2.75, 3.05) is 0 Å². The Morgan fingerprint density at radius 2 is 1.95 bits per heavy atom. The summed E-state index contributed by atoms with van der Waals surface area (Å²) in [6.07, 6.45) is 3.33. The molecule has 3 rings (SSSR count). The molecule has 0 bridgehead atoms. The molecule has 2 aromatic rings. The zero-order valence-corrected chi connectivity index (χ0v) is 11.4. The van der Waals surface area contributed by atoms with Gasteiger partial charge in [0.15, 0.2) is 0 Å². The highest BCUT2D eigenvalue weighted by molar-refractivity contribution is 5.46. The summed E-state index contributed by atoms with van der Waals surface area (Å²) in [6.45, 7) is -0.304. The van der Waals surface area contributed by atoms with Crippen LogP contribution in [0.1, 0.15) is 23.1 Å². The number of benzene rings is 2. The number of nitro groups is 1. The van der Waals surface area contributed by atoms with Gasteiger partial charge in [-0.1, -0.05) is 6.07 Å². The number of aliphatic hydroxyl groups excluding tert-OH is 1. The number of rotatable bonds is 4. The number of hydrogen-bond acceptors (Lipinski definition) is 4. The van der Waals surface area contributed by atoms with Gasteiger partial charge in [0.05, 0.1) is 11.5 Å². The monoisotopic (exact) mass is 285 g/mol. The quantitative estimate of drug-likeness (QED) is 0.690. The minimum atomic E-state index is -0.488. The highest BCUT2D eigenvalue weighted by atomic mass is 16.6. The lowest BCUT2D eigenvalue weighted by Crippen LogP contribution is -1.95. The summed E-state index contributed by atoms with van der Waals surface area (Å²) < 4.78 is 5.78. The van der Waals surface area contributed by atoms with Gasteiger partial charge in [-0.25, -0.2) is 0 Å². The van der Waals surface area contributed by atoms with Crippen LogP contribution in [0.3, 0.4) is 0 Å². The van der Waals surface area contributed by atoms with E-state index in [9.17, 15) is 15.2 Å². The number of aliphatic hydroxyl groups is 1. The number of nitro benzene ring substituents is 1. The van der Waals surface area contributed by atoms with Crippen LogP contribution in [-0.4, -0.2) is 10.0 Å². The van der Waals surface area contributed by atoms with Crippen molar-refractivity contribution in [3.8, 4) is 11.5 Å². The molecule has 21 heavy (non-hydrogen) atoms. The summed E-state index contributed by atoms with van der Waals surface area (Å²) in [5, 5.41) is 20.1. The van der Waals surface area contributed by atoms with E-state index in [1.165, 1.54) is 29.3 Å². The van der Waals surface area contributed by atoms with Crippen LogP contribution in [0.4, 0.5) is 5.69 Å². The summed E-state index contributed by atoms with van der Waals surface area (Å²) >= 11 is 0. The van der Waals surface area contributed by atoms with Crippen LogP contribution in [0, 0.1) is 10.1 Å². The van der Waals surface area contributed by atoms with Crippen LogP contribution in [0.15, 0.2) is 36.4 Å². The SMILES string of the molecule is O=[N+]([O-])c1ccc(Oc2ccc3c(c2)CCC3)c(CO)c1. The first-order valence-corrected chi connectivity index (χ1v) is 6.85. The van der Waals surface area contributed by atoms with Crippen LogP contribution >= 0.6 is 0 Å². The van der Waals surface area contributed by atoms with Gasteiger partial charge in [-0.3, -0.25) is 10.1 Å². The first kappa shape index (κ1) is 13.6. The lowest BCUT2D eigenvalue weighted by atomic mass is 10.1. The fourth-order valence-electron chi connectivity index (χ4n) is 2.64. The van der Waals surface area contributed by atoms with E-state index in [2.05, 4.69) is 6.07 Å². The van der Waals surface area contributed by atoms with Gasteiger partial charge in [0.25, 0.3) is 5.69 Å². The fraction of sp³-hybridized carbons (Fsp3) is 0.250. The van der Waals surface area contributed by atoms with Gasteiger partial charge >= 0.3 is 0 Å². The van der Waals surface area contributed by atoms with E-state index in [0.717, 1.165) is 19.3 Å². The van der Waals surface area contributed by atoms with Crippen molar-refractivity contribution in [1.29, 1.82) is 0 Å². The van der Waals surface area contributed by atoms with Crippen LogP contribution in [0.25, 0.3) is 0 Å². The first-order chi connectivity index (χ1) is 10.2. The van der Waals surface area contributed by atoms with Gasteiger partial charge in [-0.05, 0) is 48.6 Å². The maximum atomic E-state index is 10.7. The highest BCUT2D eigenvalue weighted by Gasteiger charge is 2.14. The smallest absolute Gasteiger partial charge is 0.270 e. The normalized spacial score (nSPS) is 13.0. The Balaban J connectivity index is 1.89. The average Bonchev–Trinajstić information content (AvgIpc) is 2.95. The average molecular weight is 285 g/mol. The maximum absolute atomic E-state index is 10.7. The maximum Gasteiger partial charge on any atom is 0.270 e. The Morgan fingerprint density at radius 1 is 1.14 bits per heavy atom. The predicted molar refractivity (Wildman–Crippen MR) is 77.6 cm³/mol. The van der Waals surface area contributed by atoms with Crippen molar-refractivity contribution in [2.45, 2.75) is 25.9 Å². The van der Waals surface area contributed by atoms with E-state index < -0.39 is 4.92 Å². The zero-order valence-electron chi connectivity index (χ0n) is 11.4. The summed E-state index contributed by atoms with van der Waals surface area (Å²) in [7, 11) is 0. The summed E-state index contributed by atoms with van der Waals surface area (Å²) in [6, 6.07) is 10.2. The molecule has 0 atom stereocenters. The molecule has 5 heteroatoms. The van der Waals surface area contributed by atoms with E-state index in [4.69, 9.17) is 4.74 Å². The molecule has 0 radical (unpaired) electrons. The predicted octanol–water partition coefficient (Wildman–Crippen LogP) is 3.37. The number of ether oxygens (including phenoxy) is 1. The van der Waals surface area contributed by atoms with Crippen molar-refractivity contribution in [3.05, 3.63) is 63.2 Å². The summed E-state index contributed by atoms with van der Waals surface area (Å²) in [5.74, 6) is 1.14. The lowest BCUT2D eigenvalue weighted by Gasteiger charge is -2.11. The highest BCUT2D eigenvalue weighted by Crippen LogP contribution is 2.32. The third-order valence-corrected chi connectivity index (χ3v) is 3.72. The Kier molecular flexibility index (Phi) is 3.58. The first-order valence-electron chi connectivity index (χ1n) is 6.85. The van der Waals surface area contributed by atoms with Crippen LogP contribution < -0.4 is 4.74 Å². The van der Waals surface area contributed by atoms with E-state index in [-0.39, 0.29) is 12.3 Å². The number of aryl methyl sites for hydroxylation is 2. The molecule has 0 heterocycles. The Labute approximate surface area is 122 Å². The summed E-state index contributed by atoms with van der Waals surface area (Å²) in [5.41, 5.74) is 3.00. The molecule has 2 aromatic carbocycles. The minimum Gasteiger partial charge on any atom is -0.457 e. The van der Waals surface area contributed by atoms with E-state index in [1.54, 1.807) is 0 Å². The van der Waals surface area contributed by atoms with Gasteiger partial charge in [-0.2, -0.15) is 0 Å². The molecule has 0 fully saturated rings. The third kappa shape index (κ3) is 2.73.